The topological polar surface area (TPSA) is 102 Å². The number of hydrogen-bond donors (Lipinski definition) is 3. The molecule has 3 N–H and O–H groups in total. The van der Waals surface area contributed by atoms with Crippen LogP contribution in [0.3, 0.4) is 0 Å². The monoisotopic (exact) mass is 591 g/mol. The predicted molar refractivity (Wildman–Crippen MR) is 158 cm³/mol. The first-order valence-corrected chi connectivity index (χ1v) is 14.3. The number of alkyl halides is 3. The Morgan fingerprint density at radius 2 is 1.74 bits per heavy atom. The first-order valence-electron chi connectivity index (χ1n) is 14.3. The van der Waals surface area contributed by atoms with E-state index >= 15 is 0 Å². The normalized spacial score (nSPS) is 21.4. The van der Waals surface area contributed by atoms with Gasteiger partial charge in [-0.3, -0.25) is 9.89 Å². The number of halogens is 3. The SMILES string of the molecule is CCc1ccc2c(c1)C1(CC1c1ccc3c(-c4ccc(N5CCN(C)CC5)cc4)n[nH]c3c1)C(=O)N2.O=C(O)C(F)(F)F. The summed E-state index contributed by atoms with van der Waals surface area (Å²) >= 11 is 0. The van der Waals surface area contributed by atoms with Gasteiger partial charge in [-0.25, -0.2) is 4.79 Å². The lowest BCUT2D eigenvalue weighted by Gasteiger charge is -2.34. The van der Waals surface area contributed by atoms with E-state index in [4.69, 9.17) is 9.90 Å². The van der Waals surface area contributed by atoms with Gasteiger partial charge in [0.1, 0.15) is 0 Å². The van der Waals surface area contributed by atoms with Gasteiger partial charge in [-0.05, 0) is 60.8 Å². The van der Waals surface area contributed by atoms with Crippen molar-refractivity contribution in [2.45, 2.75) is 37.3 Å². The van der Waals surface area contributed by atoms with Crippen LogP contribution < -0.4 is 10.2 Å². The van der Waals surface area contributed by atoms with Gasteiger partial charge in [0.25, 0.3) is 0 Å². The Bertz CT molecular complexity index is 1690. The van der Waals surface area contributed by atoms with E-state index in [0.29, 0.717) is 0 Å². The maximum atomic E-state index is 13.1. The number of carbonyl (C=O) groups excluding carboxylic acids is 1. The Hall–Kier alpha value is -4.38. The molecule has 7 rings (SSSR count). The lowest BCUT2D eigenvalue weighted by molar-refractivity contribution is -0.192. The van der Waals surface area contributed by atoms with E-state index in [1.165, 1.54) is 22.4 Å². The molecule has 3 aromatic carbocycles. The van der Waals surface area contributed by atoms with E-state index in [2.05, 4.69) is 99.9 Å². The molecule has 4 aromatic rings. The molecule has 224 valence electrons. The zero-order valence-electron chi connectivity index (χ0n) is 23.8. The van der Waals surface area contributed by atoms with Crippen LogP contribution in [0.15, 0.2) is 60.7 Å². The third-order valence-electron chi connectivity index (χ3n) is 8.83. The molecule has 1 aromatic heterocycles. The van der Waals surface area contributed by atoms with Gasteiger partial charge in [-0.2, -0.15) is 18.3 Å². The fourth-order valence-electron chi connectivity index (χ4n) is 6.23. The smallest absolute Gasteiger partial charge is 0.475 e. The number of amides is 1. The Morgan fingerprint density at radius 3 is 2.40 bits per heavy atom. The molecule has 43 heavy (non-hydrogen) atoms. The summed E-state index contributed by atoms with van der Waals surface area (Å²) in [6.07, 6.45) is -3.25. The van der Waals surface area contributed by atoms with E-state index in [0.717, 1.165) is 66.9 Å². The first kappa shape index (κ1) is 28.7. The number of piperazine rings is 1. The number of carboxylic acids is 1. The number of aromatic nitrogens is 2. The molecule has 8 nitrogen and oxygen atoms in total. The summed E-state index contributed by atoms with van der Waals surface area (Å²) in [5.41, 5.74) is 8.59. The summed E-state index contributed by atoms with van der Waals surface area (Å²) in [6, 6.07) is 21.7. The molecule has 2 atom stereocenters. The van der Waals surface area contributed by atoms with Crippen LogP contribution in [0.4, 0.5) is 24.5 Å². The van der Waals surface area contributed by atoms with Gasteiger partial charge in [0.2, 0.25) is 5.91 Å². The molecule has 3 heterocycles. The Balaban J connectivity index is 0.000000423. The van der Waals surface area contributed by atoms with Crippen molar-refractivity contribution in [1.29, 1.82) is 0 Å². The van der Waals surface area contributed by atoms with E-state index < -0.39 is 17.6 Å². The third-order valence-corrected chi connectivity index (χ3v) is 8.83. The van der Waals surface area contributed by atoms with Gasteiger partial charge in [0.05, 0.1) is 16.6 Å². The fourth-order valence-corrected chi connectivity index (χ4v) is 6.23. The Morgan fingerprint density at radius 1 is 1.05 bits per heavy atom. The van der Waals surface area contributed by atoms with Crippen molar-refractivity contribution in [3.05, 3.63) is 77.4 Å². The van der Waals surface area contributed by atoms with Crippen molar-refractivity contribution < 1.29 is 27.9 Å². The van der Waals surface area contributed by atoms with Crippen LogP contribution in [-0.4, -0.2) is 71.5 Å². The fraction of sp³-hybridized carbons (Fsp3) is 0.344. The number of nitrogens with zero attached hydrogens (tertiary/aromatic N) is 3. The van der Waals surface area contributed by atoms with Crippen LogP contribution in [0.1, 0.15) is 36.0 Å². The maximum Gasteiger partial charge on any atom is 0.490 e. The Labute approximate surface area is 246 Å². The van der Waals surface area contributed by atoms with E-state index in [9.17, 15) is 18.0 Å². The number of likely N-dealkylation sites (N-methyl/N-ethyl adjacent to an activating group) is 1. The lowest BCUT2D eigenvalue weighted by atomic mass is 9.90. The molecule has 2 unspecified atom stereocenters. The highest BCUT2D eigenvalue weighted by Crippen LogP contribution is 2.65. The number of aryl methyl sites for hydroxylation is 1. The molecule has 0 bridgehead atoms. The summed E-state index contributed by atoms with van der Waals surface area (Å²) in [5.74, 6) is -2.42. The van der Waals surface area contributed by atoms with Crippen molar-refractivity contribution in [2.75, 3.05) is 43.4 Å². The number of anilines is 2. The second-order valence-electron chi connectivity index (χ2n) is 11.4. The molecule has 1 saturated heterocycles. The van der Waals surface area contributed by atoms with E-state index in [1.54, 1.807) is 0 Å². The lowest BCUT2D eigenvalue weighted by Crippen LogP contribution is -2.44. The number of hydrogen-bond acceptors (Lipinski definition) is 5. The van der Waals surface area contributed by atoms with Crippen molar-refractivity contribution in [3.8, 4) is 11.3 Å². The molecule has 1 saturated carbocycles. The molecule has 1 aliphatic carbocycles. The van der Waals surface area contributed by atoms with Crippen molar-refractivity contribution >= 4 is 34.2 Å². The van der Waals surface area contributed by atoms with Crippen LogP contribution in [0.25, 0.3) is 22.2 Å². The van der Waals surface area contributed by atoms with Gasteiger partial charge in [0.15, 0.2) is 0 Å². The van der Waals surface area contributed by atoms with Gasteiger partial charge in [-0.1, -0.05) is 43.3 Å². The molecule has 2 aliphatic heterocycles. The number of nitrogens with one attached hydrogen (secondary N) is 2. The molecular formula is C32H32F3N5O3. The highest BCUT2D eigenvalue weighted by Gasteiger charge is 2.65. The number of rotatable bonds is 4. The summed E-state index contributed by atoms with van der Waals surface area (Å²) in [5, 5.41) is 19.3. The summed E-state index contributed by atoms with van der Waals surface area (Å²) in [6.45, 7) is 6.49. The highest BCUT2D eigenvalue weighted by molar-refractivity contribution is 6.10. The third kappa shape index (κ3) is 5.22. The molecule has 1 amide bonds. The molecule has 0 radical (unpaired) electrons. The zero-order valence-corrected chi connectivity index (χ0v) is 23.8. The minimum absolute atomic E-state index is 0.140. The zero-order chi connectivity index (χ0) is 30.5. The highest BCUT2D eigenvalue weighted by atomic mass is 19.4. The second kappa shape index (κ2) is 10.7. The van der Waals surface area contributed by atoms with Crippen molar-refractivity contribution in [2.24, 2.45) is 0 Å². The number of aromatic amines is 1. The minimum Gasteiger partial charge on any atom is -0.475 e. The summed E-state index contributed by atoms with van der Waals surface area (Å²) < 4.78 is 31.7. The number of carbonyl (C=O) groups is 2. The number of fused-ring (bicyclic) bond motifs is 3. The van der Waals surface area contributed by atoms with E-state index in [1.807, 2.05) is 0 Å². The number of benzene rings is 3. The van der Waals surface area contributed by atoms with Crippen LogP contribution >= 0.6 is 0 Å². The van der Waals surface area contributed by atoms with E-state index in [-0.39, 0.29) is 11.8 Å². The van der Waals surface area contributed by atoms with Gasteiger partial charge < -0.3 is 20.2 Å². The van der Waals surface area contributed by atoms with Crippen molar-refractivity contribution in [3.63, 3.8) is 0 Å². The maximum absolute atomic E-state index is 13.1. The van der Waals surface area contributed by atoms with Gasteiger partial charge in [-0.15, -0.1) is 0 Å². The van der Waals surface area contributed by atoms with Crippen molar-refractivity contribution in [1.82, 2.24) is 15.1 Å². The standard InChI is InChI=1S/C30H31N5O.C2HF3O2/c1-3-19-4-11-26-24(16-19)30(29(36)31-26)18-25(30)21-7-10-23-27(17-21)32-33-28(23)20-5-8-22(9-6-20)35-14-12-34(2)13-15-35;3-2(4,5)1(6)7/h4-11,16-17,25H,3,12-15,18H2,1-2H3,(H,31,36)(H,32,33);(H,6,7). The molecule has 3 aliphatic rings. The van der Waals surface area contributed by atoms with Crippen LogP contribution in [0, 0.1) is 0 Å². The van der Waals surface area contributed by atoms with Gasteiger partial charge in [0, 0.05) is 54.4 Å². The van der Waals surface area contributed by atoms with Gasteiger partial charge >= 0.3 is 12.1 Å². The molecule has 1 spiro atoms. The van der Waals surface area contributed by atoms with Crippen LogP contribution in [0.2, 0.25) is 0 Å². The number of carboxylic acid groups (broad SMARTS) is 1. The number of aliphatic carboxylic acids is 1. The molecule has 2 fully saturated rings. The largest absolute Gasteiger partial charge is 0.490 e. The quantitative estimate of drug-likeness (QED) is 0.288. The van der Waals surface area contributed by atoms with Crippen LogP contribution in [0.5, 0.6) is 0 Å². The average Bonchev–Trinajstić information content (AvgIpc) is 3.52. The second-order valence-corrected chi connectivity index (χ2v) is 11.4. The average molecular weight is 592 g/mol. The number of H-pyrrole nitrogens is 1. The Kier molecular flexibility index (Phi) is 7.16. The summed E-state index contributed by atoms with van der Waals surface area (Å²) in [7, 11) is 2.18. The molecule has 11 heteroatoms. The summed E-state index contributed by atoms with van der Waals surface area (Å²) in [4.78, 5) is 26.8. The predicted octanol–water partition coefficient (Wildman–Crippen LogP) is 5.55. The minimum atomic E-state index is -5.08. The van der Waals surface area contributed by atoms with Crippen LogP contribution in [-0.2, 0) is 21.4 Å². The first-order chi connectivity index (χ1) is 20.5. The molecular weight excluding hydrogens is 559 g/mol.